The van der Waals surface area contributed by atoms with E-state index in [4.69, 9.17) is 11.5 Å². The molecule has 3 aliphatic rings. The SMILES string of the molecule is NC(=O)Cc1ccc(O)c2c1C[C@H]1C[C@H]3CC(O)=C(C(N)=O)C(=O)[C@@]3(O)C(O)=C1C2=O. The van der Waals surface area contributed by atoms with Crippen molar-refractivity contribution in [2.75, 3.05) is 0 Å². The van der Waals surface area contributed by atoms with E-state index in [1.807, 2.05) is 0 Å². The summed E-state index contributed by atoms with van der Waals surface area (Å²) in [5, 5.41) is 42.4. The number of hydrogen-bond acceptors (Lipinski definition) is 8. The van der Waals surface area contributed by atoms with Crippen molar-refractivity contribution in [1.82, 2.24) is 0 Å². The molecule has 0 bridgehead atoms. The number of Topliss-reactive ketones (excluding diaryl/α,β-unsaturated/α-hetero) is 2. The molecule has 0 aliphatic heterocycles. The molecule has 1 aromatic carbocycles. The van der Waals surface area contributed by atoms with Crippen LogP contribution in [0.25, 0.3) is 0 Å². The standard InChI is InChI=1S/C21H20N2O8/c22-13(26)5-7-1-2-11(24)15-10(7)4-8-3-9-6-12(25)16(20(23)30)19(29)21(9,31)18(28)14(8)17(15)27/h1-2,8-9,24-25,28,31H,3-6H2,(H2,22,26)(H2,23,30)/t8-,9+,21+/m1/s1. The summed E-state index contributed by atoms with van der Waals surface area (Å²) < 4.78 is 0. The van der Waals surface area contributed by atoms with E-state index in [-0.39, 0.29) is 42.6 Å². The number of ketones is 2. The molecule has 1 aromatic rings. The van der Waals surface area contributed by atoms with E-state index in [0.717, 1.165) is 0 Å². The van der Waals surface area contributed by atoms with E-state index >= 15 is 0 Å². The Hall–Kier alpha value is -3.66. The largest absolute Gasteiger partial charge is 0.511 e. The van der Waals surface area contributed by atoms with E-state index in [0.29, 0.717) is 11.1 Å². The Morgan fingerprint density at radius 2 is 1.77 bits per heavy atom. The van der Waals surface area contributed by atoms with Crippen molar-refractivity contribution in [3.05, 3.63) is 51.5 Å². The van der Waals surface area contributed by atoms with Crippen LogP contribution in [0.2, 0.25) is 0 Å². The number of nitrogens with two attached hydrogens (primary N) is 2. The number of phenols is 1. The number of hydrogen-bond donors (Lipinski definition) is 6. The summed E-state index contributed by atoms with van der Waals surface area (Å²) in [6, 6.07) is 2.71. The van der Waals surface area contributed by atoms with E-state index in [9.17, 15) is 39.6 Å². The van der Waals surface area contributed by atoms with E-state index in [1.54, 1.807) is 0 Å². The first kappa shape index (κ1) is 20.6. The summed E-state index contributed by atoms with van der Waals surface area (Å²) in [4.78, 5) is 49.1. The van der Waals surface area contributed by atoms with Gasteiger partial charge in [-0.2, -0.15) is 0 Å². The summed E-state index contributed by atoms with van der Waals surface area (Å²) in [7, 11) is 0. The molecule has 2 amide bonds. The van der Waals surface area contributed by atoms with E-state index in [2.05, 4.69) is 0 Å². The van der Waals surface area contributed by atoms with Crippen molar-refractivity contribution < 1.29 is 39.6 Å². The topological polar surface area (TPSA) is 201 Å². The quantitative estimate of drug-likeness (QED) is 0.349. The van der Waals surface area contributed by atoms with E-state index in [1.165, 1.54) is 12.1 Å². The fraction of sp³-hybridized carbons (Fsp3) is 0.333. The molecule has 10 nitrogen and oxygen atoms in total. The minimum atomic E-state index is -2.60. The lowest BCUT2D eigenvalue weighted by molar-refractivity contribution is -0.144. The van der Waals surface area contributed by atoms with Crippen LogP contribution in [0.1, 0.15) is 34.3 Å². The lowest BCUT2D eigenvalue weighted by Gasteiger charge is -2.45. The number of aliphatic hydroxyl groups excluding tert-OH is 2. The number of aromatic hydroxyl groups is 1. The van der Waals surface area contributed by atoms with Gasteiger partial charge < -0.3 is 31.9 Å². The van der Waals surface area contributed by atoms with Crippen molar-refractivity contribution in [2.45, 2.75) is 31.3 Å². The third-order valence-electron chi connectivity index (χ3n) is 6.41. The highest BCUT2D eigenvalue weighted by Gasteiger charge is 2.59. The molecule has 31 heavy (non-hydrogen) atoms. The second kappa shape index (κ2) is 6.67. The van der Waals surface area contributed by atoms with Crippen LogP contribution in [0.15, 0.2) is 34.8 Å². The number of aliphatic hydroxyl groups is 3. The molecule has 0 saturated carbocycles. The maximum absolute atomic E-state index is 13.3. The molecule has 162 valence electrons. The van der Waals surface area contributed by atoms with Crippen LogP contribution in [0.4, 0.5) is 0 Å². The van der Waals surface area contributed by atoms with Gasteiger partial charge in [-0.25, -0.2) is 0 Å². The summed E-state index contributed by atoms with van der Waals surface area (Å²) in [6.07, 6.45) is -0.311. The van der Waals surface area contributed by atoms with Crippen LogP contribution in [-0.4, -0.2) is 49.4 Å². The van der Waals surface area contributed by atoms with Crippen LogP contribution < -0.4 is 11.5 Å². The molecule has 0 fully saturated rings. The third kappa shape index (κ3) is 2.75. The fourth-order valence-electron chi connectivity index (χ4n) is 5.04. The molecular formula is C21H20N2O8. The van der Waals surface area contributed by atoms with Gasteiger partial charge in [0.25, 0.3) is 5.91 Å². The van der Waals surface area contributed by atoms with Gasteiger partial charge in [0, 0.05) is 17.9 Å². The van der Waals surface area contributed by atoms with Gasteiger partial charge in [-0.05, 0) is 36.0 Å². The molecular weight excluding hydrogens is 408 g/mol. The summed E-state index contributed by atoms with van der Waals surface area (Å²) >= 11 is 0. The second-order valence-electron chi connectivity index (χ2n) is 8.15. The number of rotatable bonds is 3. The summed E-state index contributed by atoms with van der Waals surface area (Å²) in [5.74, 6) is -7.52. The number of phenolic OH excluding ortho intramolecular Hbond substituents is 1. The molecule has 10 heteroatoms. The van der Waals surface area contributed by atoms with Gasteiger partial charge in [0.15, 0.2) is 11.4 Å². The molecule has 0 heterocycles. The smallest absolute Gasteiger partial charge is 0.255 e. The first-order chi connectivity index (χ1) is 14.5. The first-order valence-electron chi connectivity index (χ1n) is 9.57. The molecule has 0 aromatic heterocycles. The average Bonchev–Trinajstić information content (AvgIpc) is 2.66. The highest BCUT2D eigenvalue weighted by Crippen LogP contribution is 2.51. The number of carbonyl (C=O) groups is 4. The predicted molar refractivity (Wildman–Crippen MR) is 104 cm³/mol. The monoisotopic (exact) mass is 428 g/mol. The van der Waals surface area contributed by atoms with Gasteiger partial charge in [-0.1, -0.05) is 6.07 Å². The van der Waals surface area contributed by atoms with Gasteiger partial charge in [-0.3, -0.25) is 19.2 Å². The molecule has 3 aliphatic carbocycles. The van der Waals surface area contributed by atoms with Crippen molar-refractivity contribution >= 4 is 23.4 Å². The zero-order valence-electron chi connectivity index (χ0n) is 16.2. The van der Waals surface area contributed by atoms with Crippen molar-refractivity contribution in [3.63, 3.8) is 0 Å². The van der Waals surface area contributed by atoms with E-state index < -0.39 is 57.9 Å². The Morgan fingerprint density at radius 1 is 1.10 bits per heavy atom. The minimum Gasteiger partial charge on any atom is -0.511 e. The lowest BCUT2D eigenvalue weighted by atomic mass is 9.60. The average molecular weight is 428 g/mol. The van der Waals surface area contributed by atoms with Crippen molar-refractivity contribution in [1.29, 1.82) is 0 Å². The lowest BCUT2D eigenvalue weighted by Crippen LogP contribution is -2.57. The zero-order chi connectivity index (χ0) is 22.8. The van der Waals surface area contributed by atoms with Gasteiger partial charge in [0.2, 0.25) is 11.7 Å². The van der Waals surface area contributed by atoms with Gasteiger partial charge in [0.1, 0.15) is 22.8 Å². The molecule has 0 saturated heterocycles. The summed E-state index contributed by atoms with van der Waals surface area (Å²) in [6.45, 7) is 0. The maximum atomic E-state index is 13.3. The Kier molecular flexibility index (Phi) is 4.44. The number of amides is 2. The van der Waals surface area contributed by atoms with Crippen LogP contribution in [-0.2, 0) is 27.2 Å². The Bertz CT molecular complexity index is 1150. The van der Waals surface area contributed by atoms with Gasteiger partial charge in [0.05, 0.1) is 12.0 Å². The molecule has 0 spiro atoms. The molecule has 0 unspecified atom stereocenters. The predicted octanol–water partition coefficient (Wildman–Crippen LogP) is -0.392. The zero-order valence-corrected chi connectivity index (χ0v) is 16.2. The Labute approximate surface area is 175 Å². The fourth-order valence-corrected chi connectivity index (χ4v) is 5.04. The van der Waals surface area contributed by atoms with Crippen LogP contribution in [0, 0.1) is 11.8 Å². The molecule has 0 radical (unpaired) electrons. The first-order valence-corrected chi connectivity index (χ1v) is 9.57. The summed E-state index contributed by atoms with van der Waals surface area (Å²) in [5.41, 5.74) is 7.46. The molecule has 3 atom stereocenters. The normalized spacial score (nSPS) is 27.5. The Balaban J connectivity index is 1.90. The molecule has 8 N–H and O–H groups in total. The Morgan fingerprint density at radius 3 is 2.39 bits per heavy atom. The van der Waals surface area contributed by atoms with Crippen molar-refractivity contribution in [3.8, 4) is 5.75 Å². The van der Waals surface area contributed by atoms with Crippen molar-refractivity contribution in [2.24, 2.45) is 23.3 Å². The van der Waals surface area contributed by atoms with Gasteiger partial charge in [-0.15, -0.1) is 0 Å². The maximum Gasteiger partial charge on any atom is 0.255 e. The molecule has 4 rings (SSSR count). The number of allylic oxidation sites excluding steroid dienone is 2. The number of fused-ring (bicyclic) bond motifs is 3. The van der Waals surface area contributed by atoms with Crippen LogP contribution in [0.5, 0.6) is 5.75 Å². The number of benzene rings is 1. The highest BCUT2D eigenvalue weighted by molar-refractivity contribution is 6.24. The van der Waals surface area contributed by atoms with Gasteiger partial charge >= 0.3 is 0 Å². The second-order valence-corrected chi connectivity index (χ2v) is 8.15. The van der Waals surface area contributed by atoms with Crippen LogP contribution >= 0.6 is 0 Å². The highest BCUT2D eigenvalue weighted by atomic mass is 16.3. The van der Waals surface area contributed by atoms with Crippen LogP contribution in [0.3, 0.4) is 0 Å². The minimum absolute atomic E-state index is 0.0224. The third-order valence-corrected chi connectivity index (χ3v) is 6.41. The number of carbonyl (C=O) groups excluding carboxylic acids is 4. The number of primary amides is 2.